The fourth-order valence-corrected chi connectivity index (χ4v) is 3.47. The van der Waals surface area contributed by atoms with Crippen molar-refractivity contribution in [3.63, 3.8) is 0 Å². The van der Waals surface area contributed by atoms with Gasteiger partial charge in [-0.05, 0) is 31.0 Å². The van der Waals surface area contributed by atoms with Gasteiger partial charge in [-0.25, -0.2) is 4.39 Å². The van der Waals surface area contributed by atoms with E-state index in [4.69, 9.17) is 9.15 Å². The molecule has 3 rings (SSSR count). The van der Waals surface area contributed by atoms with Gasteiger partial charge in [-0.1, -0.05) is 52.0 Å². The summed E-state index contributed by atoms with van der Waals surface area (Å²) >= 11 is 0. The van der Waals surface area contributed by atoms with Crippen LogP contribution in [0.3, 0.4) is 0 Å². The van der Waals surface area contributed by atoms with Gasteiger partial charge in [0.05, 0.1) is 12.7 Å². The maximum atomic E-state index is 14.9. The van der Waals surface area contributed by atoms with Gasteiger partial charge in [-0.15, -0.1) is 0 Å². The van der Waals surface area contributed by atoms with Crippen molar-refractivity contribution in [3.05, 3.63) is 41.5 Å². The number of furan rings is 1. The molecule has 3 aromatic rings. The van der Waals surface area contributed by atoms with Gasteiger partial charge in [0.15, 0.2) is 22.7 Å². The van der Waals surface area contributed by atoms with Crippen molar-refractivity contribution >= 4 is 21.9 Å². The molecule has 0 amide bonds. The van der Waals surface area contributed by atoms with Crippen LogP contribution in [-0.2, 0) is 0 Å². The summed E-state index contributed by atoms with van der Waals surface area (Å²) in [6.07, 6.45) is 5.44. The SMILES string of the molecule is CCCCCCOc1ccc2c(oc3c(F)c([C@H](O)CCCC)ccc32)c1F. The molecule has 0 bridgehead atoms. The van der Waals surface area contributed by atoms with Crippen molar-refractivity contribution in [3.8, 4) is 5.75 Å². The van der Waals surface area contributed by atoms with Gasteiger partial charge in [-0.3, -0.25) is 0 Å². The van der Waals surface area contributed by atoms with Crippen LogP contribution in [0.5, 0.6) is 5.75 Å². The molecule has 28 heavy (non-hydrogen) atoms. The van der Waals surface area contributed by atoms with Crippen LogP contribution in [0.4, 0.5) is 8.78 Å². The lowest BCUT2D eigenvalue weighted by Crippen LogP contribution is -2.00. The van der Waals surface area contributed by atoms with E-state index >= 15 is 0 Å². The van der Waals surface area contributed by atoms with Crippen LogP contribution in [0.2, 0.25) is 0 Å². The van der Waals surface area contributed by atoms with E-state index in [0.717, 1.165) is 38.5 Å². The molecule has 0 saturated heterocycles. The lowest BCUT2D eigenvalue weighted by molar-refractivity contribution is 0.160. The minimum absolute atomic E-state index is 0.0137. The maximum Gasteiger partial charge on any atom is 0.208 e. The summed E-state index contributed by atoms with van der Waals surface area (Å²) in [4.78, 5) is 0. The highest BCUT2D eigenvalue weighted by Gasteiger charge is 2.21. The third-order valence-electron chi connectivity index (χ3n) is 5.13. The predicted molar refractivity (Wildman–Crippen MR) is 108 cm³/mol. The van der Waals surface area contributed by atoms with Gasteiger partial charge in [0, 0.05) is 16.3 Å². The lowest BCUT2D eigenvalue weighted by Gasteiger charge is -2.11. The summed E-state index contributed by atoms with van der Waals surface area (Å²) in [5, 5.41) is 11.2. The first kappa shape index (κ1) is 20.6. The first-order valence-corrected chi connectivity index (χ1v) is 10.2. The molecule has 0 aliphatic carbocycles. The second kappa shape index (κ2) is 9.37. The summed E-state index contributed by atoms with van der Waals surface area (Å²) < 4.78 is 40.9. The number of unbranched alkanes of at least 4 members (excludes halogenated alkanes) is 4. The van der Waals surface area contributed by atoms with E-state index < -0.39 is 17.7 Å². The van der Waals surface area contributed by atoms with Crippen LogP contribution in [0, 0.1) is 11.6 Å². The molecule has 1 aromatic heterocycles. The van der Waals surface area contributed by atoms with Crippen LogP contribution in [-0.4, -0.2) is 11.7 Å². The largest absolute Gasteiger partial charge is 0.490 e. The molecule has 1 atom stereocenters. The number of benzene rings is 2. The van der Waals surface area contributed by atoms with Gasteiger partial charge in [-0.2, -0.15) is 4.39 Å². The Balaban J connectivity index is 1.90. The molecule has 0 aliphatic rings. The monoisotopic (exact) mass is 390 g/mol. The Hall–Kier alpha value is -2.14. The fraction of sp³-hybridized carbons (Fsp3) is 0.478. The number of hydrogen-bond donors (Lipinski definition) is 1. The van der Waals surface area contributed by atoms with E-state index in [1.165, 1.54) is 0 Å². The van der Waals surface area contributed by atoms with Crippen molar-refractivity contribution in [2.45, 2.75) is 64.9 Å². The van der Waals surface area contributed by atoms with Gasteiger partial charge in [0.25, 0.3) is 0 Å². The molecule has 1 heterocycles. The quantitative estimate of drug-likeness (QED) is 0.377. The molecule has 0 fully saturated rings. The topological polar surface area (TPSA) is 42.6 Å². The molecule has 152 valence electrons. The Morgan fingerprint density at radius 3 is 2.29 bits per heavy atom. The number of hydrogen-bond acceptors (Lipinski definition) is 3. The maximum absolute atomic E-state index is 14.9. The minimum atomic E-state index is -0.899. The molecular formula is C23H28F2O3. The highest BCUT2D eigenvalue weighted by atomic mass is 19.1. The summed E-state index contributed by atoms with van der Waals surface area (Å²) in [6.45, 7) is 4.58. The lowest BCUT2D eigenvalue weighted by atomic mass is 10.0. The van der Waals surface area contributed by atoms with E-state index in [1.807, 2.05) is 6.92 Å². The molecule has 0 unspecified atom stereocenters. The van der Waals surface area contributed by atoms with Crippen molar-refractivity contribution in [2.24, 2.45) is 0 Å². The number of halogens is 2. The van der Waals surface area contributed by atoms with Crippen molar-refractivity contribution in [2.75, 3.05) is 6.61 Å². The predicted octanol–water partition coefficient (Wildman–Crippen LogP) is 7.05. The first-order chi connectivity index (χ1) is 13.6. The van der Waals surface area contributed by atoms with Gasteiger partial charge >= 0.3 is 0 Å². The number of aliphatic hydroxyl groups excluding tert-OH is 1. The molecule has 2 aromatic carbocycles. The molecule has 0 aliphatic heterocycles. The Morgan fingerprint density at radius 2 is 1.57 bits per heavy atom. The Kier molecular flexibility index (Phi) is 6.89. The number of rotatable bonds is 10. The van der Waals surface area contributed by atoms with Crippen LogP contribution in [0.25, 0.3) is 21.9 Å². The molecular weight excluding hydrogens is 362 g/mol. The van der Waals surface area contributed by atoms with Gasteiger partial charge in [0.2, 0.25) is 5.82 Å². The minimum Gasteiger partial charge on any atom is -0.490 e. The number of ether oxygens (including phenoxy) is 1. The van der Waals surface area contributed by atoms with Crippen LogP contribution >= 0.6 is 0 Å². The zero-order valence-electron chi connectivity index (χ0n) is 16.6. The van der Waals surface area contributed by atoms with E-state index in [9.17, 15) is 13.9 Å². The standard InChI is InChI=1S/C23H28F2O3/c1-3-5-7-8-14-27-19-13-12-16-15-10-11-17(18(26)9-6-4-2)20(24)22(15)28-23(16)21(19)25/h10-13,18,26H,3-9,14H2,1-2H3/t18-/m1/s1. The van der Waals surface area contributed by atoms with Gasteiger partial charge < -0.3 is 14.3 Å². The summed E-state index contributed by atoms with van der Waals surface area (Å²) in [7, 11) is 0. The second-order valence-electron chi connectivity index (χ2n) is 7.27. The summed E-state index contributed by atoms with van der Waals surface area (Å²) in [5.74, 6) is -1.12. The summed E-state index contributed by atoms with van der Waals surface area (Å²) in [6, 6.07) is 6.50. The summed E-state index contributed by atoms with van der Waals surface area (Å²) in [5.41, 5.74) is 0.148. The van der Waals surface area contributed by atoms with Crippen molar-refractivity contribution in [1.29, 1.82) is 0 Å². The Morgan fingerprint density at radius 1 is 0.893 bits per heavy atom. The zero-order valence-corrected chi connectivity index (χ0v) is 16.6. The molecule has 5 heteroatoms. The zero-order chi connectivity index (χ0) is 20.1. The number of fused-ring (bicyclic) bond motifs is 3. The van der Waals surface area contributed by atoms with E-state index in [0.29, 0.717) is 23.8 Å². The van der Waals surface area contributed by atoms with Gasteiger partial charge in [0.1, 0.15) is 0 Å². The molecule has 0 saturated carbocycles. The Labute approximate surface area is 164 Å². The van der Waals surface area contributed by atoms with Crippen molar-refractivity contribution in [1.82, 2.24) is 0 Å². The third-order valence-corrected chi connectivity index (χ3v) is 5.13. The molecule has 0 radical (unpaired) electrons. The number of aliphatic hydroxyl groups is 1. The van der Waals surface area contributed by atoms with Crippen LogP contribution < -0.4 is 4.74 Å². The van der Waals surface area contributed by atoms with Crippen LogP contribution in [0.1, 0.15) is 70.5 Å². The highest BCUT2D eigenvalue weighted by Crippen LogP contribution is 2.37. The van der Waals surface area contributed by atoms with Crippen LogP contribution in [0.15, 0.2) is 28.7 Å². The average Bonchev–Trinajstić information content (AvgIpc) is 3.08. The molecule has 0 spiro atoms. The highest BCUT2D eigenvalue weighted by molar-refractivity contribution is 6.05. The first-order valence-electron chi connectivity index (χ1n) is 10.2. The smallest absolute Gasteiger partial charge is 0.208 e. The third kappa shape index (κ3) is 4.14. The molecule has 1 N–H and O–H groups in total. The van der Waals surface area contributed by atoms with Crippen molar-refractivity contribution < 1.29 is 23.0 Å². The average molecular weight is 390 g/mol. The van der Waals surface area contributed by atoms with E-state index in [-0.39, 0.29) is 22.5 Å². The normalized spacial score (nSPS) is 12.8. The van der Waals surface area contributed by atoms with E-state index in [2.05, 4.69) is 6.92 Å². The second-order valence-corrected chi connectivity index (χ2v) is 7.27. The molecule has 3 nitrogen and oxygen atoms in total. The van der Waals surface area contributed by atoms with E-state index in [1.54, 1.807) is 24.3 Å². The fourth-order valence-electron chi connectivity index (χ4n) is 3.47. The Bertz CT molecular complexity index is 933.